The molecule has 1 saturated heterocycles. The highest BCUT2D eigenvalue weighted by Crippen LogP contribution is 2.24. The number of anilines is 1. The van der Waals surface area contributed by atoms with E-state index < -0.39 is 40.9 Å². The quantitative estimate of drug-likeness (QED) is 0.794. The summed E-state index contributed by atoms with van der Waals surface area (Å²) in [6.45, 7) is 7.83. The number of amides is 2. The first kappa shape index (κ1) is 21.8. The number of likely N-dealkylation sites (tertiary alicyclic amines) is 1. The lowest BCUT2D eigenvalue weighted by atomic mass is 9.91. The second-order valence-electron chi connectivity index (χ2n) is 8.01. The van der Waals surface area contributed by atoms with E-state index in [1.54, 1.807) is 4.90 Å². The molecule has 28 heavy (non-hydrogen) atoms. The number of benzene rings is 1. The molecule has 0 unspecified atom stereocenters. The van der Waals surface area contributed by atoms with Gasteiger partial charge in [-0.2, -0.15) is 0 Å². The van der Waals surface area contributed by atoms with Crippen LogP contribution in [-0.2, 0) is 19.1 Å². The molecule has 1 atom stereocenters. The molecule has 1 fully saturated rings. The molecule has 1 aliphatic heterocycles. The van der Waals surface area contributed by atoms with Crippen molar-refractivity contribution in [2.24, 2.45) is 11.3 Å². The number of carbonyl (C=O) groups excluding carboxylic acids is 3. The van der Waals surface area contributed by atoms with Crippen molar-refractivity contribution < 1.29 is 27.9 Å². The molecule has 154 valence electrons. The predicted molar refractivity (Wildman–Crippen MR) is 99.3 cm³/mol. The highest BCUT2D eigenvalue weighted by atomic mass is 19.1. The van der Waals surface area contributed by atoms with Crippen LogP contribution in [0.2, 0.25) is 0 Å². The summed E-state index contributed by atoms with van der Waals surface area (Å²) in [5.74, 6) is -3.27. The third kappa shape index (κ3) is 5.50. The minimum atomic E-state index is -1.13. The fraction of sp³-hybridized carbons (Fsp3) is 0.550. The number of nitrogens with zero attached hydrogens (tertiary/aromatic N) is 1. The number of rotatable bonds is 4. The number of hydrogen-bond acceptors (Lipinski definition) is 4. The van der Waals surface area contributed by atoms with Gasteiger partial charge in [0.25, 0.3) is 5.91 Å². The van der Waals surface area contributed by atoms with Crippen LogP contribution in [0.1, 0.15) is 40.5 Å². The summed E-state index contributed by atoms with van der Waals surface area (Å²) < 4.78 is 31.7. The highest BCUT2D eigenvalue weighted by molar-refractivity contribution is 5.95. The van der Waals surface area contributed by atoms with Crippen molar-refractivity contribution in [2.75, 3.05) is 18.4 Å². The highest BCUT2D eigenvalue weighted by Gasteiger charge is 2.34. The zero-order chi connectivity index (χ0) is 21.1. The van der Waals surface area contributed by atoms with E-state index >= 15 is 0 Å². The van der Waals surface area contributed by atoms with Crippen LogP contribution in [-0.4, -0.2) is 41.9 Å². The molecule has 0 spiro atoms. The minimum absolute atomic E-state index is 0.0355. The maximum absolute atomic E-state index is 13.6. The number of piperidine rings is 1. The van der Waals surface area contributed by atoms with Crippen molar-refractivity contribution in [2.45, 2.75) is 46.6 Å². The van der Waals surface area contributed by atoms with E-state index in [0.29, 0.717) is 32.0 Å². The molecule has 2 rings (SSSR count). The lowest BCUT2D eigenvalue weighted by Crippen LogP contribution is -2.45. The Morgan fingerprint density at radius 3 is 2.32 bits per heavy atom. The second-order valence-corrected chi connectivity index (χ2v) is 8.01. The Kier molecular flexibility index (Phi) is 6.74. The van der Waals surface area contributed by atoms with E-state index in [1.807, 2.05) is 20.8 Å². The zero-order valence-corrected chi connectivity index (χ0v) is 16.6. The number of nitrogens with one attached hydrogen (secondary N) is 1. The maximum Gasteiger partial charge on any atom is 0.309 e. The Labute approximate surface area is 163 Å². The van der Waals surface area contributed by atoms with Gasteiger partial charge in [-0.25, -0.2) is 8.78 Å². The van der Waals surface area contributed by atoms with Gasteiger partial charge in [-0.15, -0.1) is 0 Å². The van der Waals surface area contributed by atoms with Gasteiger partial charge in [-0.1, -0.05) is 20.8 Å². The van der Waals surface area contributed by atoms with Crippen LogP contribution in [0.15, 0.2) is 18.2 Å². The summed E-state index contributed by atoms with van der Waals surface area (Å²) in [7, 11) is 0. The molecule has 1 aromatic carbocycles. The van der Waals surface area contributed by atoms with Crippen LogP contribution < -0.4 is 5.32 Å². The fourth-order valence-corrected chi connectivity index (χ4v) is 2.94. The topological polar surface area (TPSA) is 75.7 Å². The molecule has 8 heteroatoms. The monoisotopic (exact) mass is 396 g/mol. The molecule has 6 nitrogen and oxygen atoms in total. The van der Waals surface area contributed by atoms with Crippen LogP contribution in [0.3, 0.4) is 0 Å². The Hall–Kier alpha value is -2.51. The minimum Gasteiger partial charge on any atom is -0.452 e. The Morgan fingerprint density at radius 2 is 1.79 bits per heavy atom. The van der Waals surface area contributed by atoms with Crippen molar-refractivity contribution in [3.63, 3.8) is 0 Å². The van der Waals surface area contributed by atoms with Crippen molar-refractivity contribution in [1.29, 1.82) is 0 Å². The van der Waals surface area contributed by atoms with Crippen LogP contribution in [0.4, 0.5) is 14.5 Å². The van der Waals surface area contributed by atoms with Crippen molar-refractivity contribution >= 4 is 23.5 Å². The van der Waals surface area contributed by atoms with Gasteiger partial charge >= 0.3 is 5.97 Å². The van der Waals surface area contributed by atoms with Gasteiger partial charge in [-0.05, 0) is 31.9 Å². The molecule has 0 aliphatic carbocycles. The molecule has 0 aromatic heterocycles. The lowest BCUT2D eigenvalue weighted by molar-refractivity contribution is -0.160. The van der Waals surface area contributed by atoms with Crippen molar-refractivity contribution in [3.8, 4) is 0 Å². The van der Waals surface area contributed by atoms with E-state index in [0.717, 1.165) is 12.1 Å². The van der Waals surface area contributed by atoms with Crippen LogP contribution in [0.5, 0.6) is 0 Å². The van der Waals surface area contributed by atoms with E-state index in [-0.39, 0.29) is 11.6 Å². The first-order valence-corrected chi connectivity index (χ1v) is 9.25. The molecule has 2 amide bonds. The third-order valence-electron chi connectivity index (χ3n) is 4.61. The number of ether oxygens (including phenoxy) is 1. The number of halogens is 2. The normalized spacial score (nSPS) is 16.4. The first-order chi connectivity index (χ1) is 13.0. The summed E-state index contributed by atoms with van der Waals surface area (Å²) in [4.78, 5) is 38.5. The predicted octanol–water partition coefficient (Wildman–Crippen LogP) is 3.12. The van der Waals surface area contributed by atoms with Gasteiger partial charge in [0.05, 0.1) is 11.6 Å². The first-order valence-electron chi connectivity index (χ1n) is 9.25. The molecule has 1 heterocycles. The van der Waals surface area contributed by atoms with Gasteiger partial charge in [-0.3, -0.25) is 14.4 Å². The van der Waals surface area contributed by atoms with Crippen molar-refractivity contribution in [1.82, 2.24) is 4.90 Å². The molecule has 0 radical (unpaired) electrons. The Morgan fingerprint density at radius 1 is 1.18 bits per heavy atom. The molecule has 1 aromatic rings. The van der Waals surface area contributed by atoms with E-state index in [2.05, 4.69) is 5.32 Å². The molecule has 1 aliphatic rings. The fourth-order valence-electron chi connectivity index (χ4n) is 2.94. The molecular formula is C20H26F2N2O4. The lowest BCUT2D eigenvalue weighted by Gasteiger charge is -2.35. The zero-order valence-electron chi connectivity index (χ0n) is 16.6. The standard InChI is InChI=1S/C20H26F2N2O4/c1-12(17(25)23-16-6-5-14(21)11-15(16)22)28-18(26)13-7-9-24(10-8-13)19(27)20(2,3)4/h5-6,11-13H,7-10H2,1-4H3,(H,23,25)/t12-/m1/s1. The van der Waals surface area contributed by atoms with Gasteiger partial charge in [0.1, 0.15) is 11.6 Å². The largest absolute Gasteiger partial charge is 0.452 e. The SMILES string of the molecule is C[C@@H](OC(=O)C1CCN(C(=O)C(C)(C)C)CC1)C(=O)Nc1ccc(F)cc1F. The summed E-state index contributed by atoms with van der Waals surface area (Å²) in [6, 6.07) is 2.76. The van der Waals surface area contributed by atoms with Gasteiger partial charge in [0, 0.05) is 24.6 Å². The summed E-state index contributed by atoms with van der Waals surface area (Å²) in [5, 5.41) is 2.27. The Balaban J connectivity index is 1.85. The average molecular weight is 396 g/mol. The second kappa shape index (κ2) is 8.67. The van der Waals surface area contributed by atoms with Gasteiger partial charge in [0.2, 0.25) is 5.91 Å². The van der Waals surface area contributed by atoms with Crippen LogP contribution >= 0.6 is 0 Å². The third-order valence-corrected chi connectivity index (χ3v) is 4.61. The Bertz CT molecular complexity index is 753. The number of esters is 1. The maximum atomic E-state index is 13.6. The number of hydrogen-bond donors (Lipinski definition) is 1. The molecule has 1 N–H and O–H groups in total. The summed E-state index contributed by atoms with van der Waals surface area (Å²) >= 11 is 0. The number of carbonyl (C=O) groups is 3. The van der Waals surface area contributed by atoms with E-state index in [9.17, 15) is 23.2 Å². The van der Waals surface area contributed by atoms with Crippen LogP contribution in [0, 0.1) is 23.0 Å². The molecule has 0 saturated carbocycles. The van der Waals surface area contributed by atoms with Crippen molar-refractivity contribution in [3.05, 3.63) is 29.8 Å². The van der Waals surface area contributed by atoms with Crippen LogP contribution in [0.25, 0.3) is 0 Å². The van der Waals surface area contributed by atoms with E-state index in [1.165, 1.54) is 6.92 Å². The smallest absolute Gasteiger partial charge is 0.309 e. The summed E-state index contributed by atoms with van der Waals surface area (Å²) in [6.07, 6.45) is -0.213. The molecular weight excluding hydrogens is 370 g/mol. The van der Waals surface area contributed by atoms with Gasteiger partial charge < -0.3 is 15.0 Å². The molecule has 0 bridgehead atoms. The summed E-state index contributed by atoms with van der Waals surface area (Å²) in [5.41, 5.74) is -0.668. The van der Waals surface area contributed by atoms with Gasteiger partial charge in [0.15, 0.2) is 6.10 Å². The average Bonchev–Trinajstić information content (AvgIpc) is 2.62. The van der Waals surface area contributed by atoms with E-state index in [4.69, 9.17) is 4.74 Å².